The van der Waals surface area contributed by atoms with Gasteiger partial charge in [0.15, 0.2) is 0 Å². The fourth-order valence-corrected chi connectivity index (χ4v) is 2.82. The van der Waals surface area contributed by atoms with Crippen LogP contribution in [0.1, 0.15) is 65.2 Å². The summed E-state index contributed by atoms with van der Waals surface area (Å²) in [5.41, 5.74) is 0. The van der Waals surface area contributed by atoms with E-state index in [-0.39, 0.29) is 0 Å². The van der Waals surface area contributed by atoms with Crippen molar-refractivity contribution in [1.82, 2.24) is 4.90 Å². The summed E-state index contributed by atoms with van der Waals surface area (Å²) >= 11 is 0. The summed E-state index contributed by atoms with van der Waals surface area (Å²) in [6.45, 7) is 6.52. The van der Waals surface area contributed by atoms with Crippen molar-refractivity contribution in [1.29, 1.82) is 0 Å². The first-order valence-corrected chi connectivity index (χ1v) is 7.59. The summed E-state index contributed by atoms with van der Waals surface area (Å²) in [7, 11) is 2.34. The number of hydrogen-bond acceptors (Lipinski definition) is 2. The molecule has 1 aliphatic rings. The van der Waals surface area contributed by atoms with E-state index in [1.807, 2.05) is 0 Å². The molecular weight excluding hydrogens is 210 g/mol. The second-order valence-electron chi connectivity index (χ2n) is 5.45. The van der Waals surface area contributed by atoms with Gasteiger partial charge in [-0.3, -0.25) is 0 Å². The highest BCUT2D eigenvalue weighted by atomic mass is 16.5. The Hall–Kier alpha value is -0.0800. The normalized spacial score (nSPS) is 18.2. The van der Waals surface area contributed by atoms with Crippen LogP contribution < -0.4 is 0 Å². The van der Waals surface area contributed by atoms with Gasteiger partial charge in [-0.25, -0.2) is 0 Å². The first kappa shape index (κ1) is 15.0. The van der Waals surface area contributed by atoms with E-state index in [0.717, 1.165) is 25.3 Å². The fourth-order valence-electron chi connectivity index (χ4n) is 2.82. The van der Waals surface area contributed by atoms with E-state index in [1.54, 1.807) is 0 Å². The molecule has 0 saturated carbocycles. The van der Waals surface area contributed by atoms with Crippen LogP contribution in [-0.2, 0) is 4.74 Å². The van der Waals surface area contributed by atoms with Crippen molar-refractivity contribution in [2.45, 2.75) is 77.3 Å². The van der Waals surface area contributed by atoms with E-state index in [2.05, 4.69) is 25.8 Å². The van der Waals surface area contributed by atoms with Crippen LogP contribution in [-0.4, -0.2) is 37.2 Å². The van der Waals surface area contributed by atoms with Crippen molar-refractivity contribution < 1.29 is 4.74 Å². The molecule has 1 heterocycles. The van der Waals surface area contributed by atoms with Crippen LogP contribution in [0, 0.1) is 0 Å². The number of ether oxygens (including phenoxy) is 1. The molecule has 1 fully saturated rings. The molecular formula is C15H31NO. The zero-order chi connectivity index (χ0) is 12.5. The molecule has 0 spiro atoms. The maximum Gasteiger partial charge on any atom is 0.0480 e. The minimum atomic E-state index is 0.766. The van der Waals surface area contributed by atoms with Crippen LogP contribution in [0.25, 0.3) is 0 Å². The molecule has 0 N–H and O–H groups in total. The van der Waals surface area contributed by atoms with Crippen molar-refractivity contribution in [2.75, 3.05) is 20.3 Å². The van der Waals surface area contributed by atoms with Crippen molar-refractivity contribution >= 4 is 0 Å². The van der Waals surface area contributed by atoms with Gasteiger partial charge >= 0.3 is 0 Å². The zero-order valence-corrected chi connectivity index (χ0v) is 12.1. The standard InChI is InChI=1S/C15H31NO/c1-4-6-8-14(9-7-5-2)16(3)15-10-12-17-13-11-15/h14-15H,4-13H2,1-3H3. The summed E-state index contributed by atoms with van der Waals surface area (Å²) in [5.74, 6) is 0. The zero-order valence-electron chi connectivity index (χ0n) is 12.1. The molecule has 1 aliphatic heterocycles. The van der Waals surface area contributed by atoms with Gasteiger partial charge in [-0.2, -0.15) is 0 Å². The predicted molar refractivity (Wildman–Crippen MR) is 74.4 cm³/mol. The first-order valence-electron chi connectivity index (χ1n) is 7.59. The van der Waals surface area contributed by atoms with Gasteiger partial charge in [0.1, 0.15) is 0 Å². The lowest BCUT2D eigenvalue weighted by Gasteiger charge is -2.37. The van der Waals surface area contributed by atoms with Gasteiger partial charge in [0.25, 0.3) is 0 Å². The molecule has 0 aliphatic carbocycles. The second-order valence-corrected chi connectivity index (χ2v) is 5.45. The molecule has 2 nitrogen and oxygen atoms in total. The molecule has 2 heteroatoms. The van der Waals surface area contributed by atoms with Gasteiger partial charge < -0.3 is 9.64 Å². The van der Waals surface area contributed by atoms with Crippen LogP contribution in [0.4, 0.5) is 0 Å². The number of unbranched alkanes of at least 4 members (excludes halogenated alkanes) is 2. The Morgan fingerprint density at radius 2 is 1.59 bits per heavy atom. The molecule has 1 saturated heterocycles. The number of nitrogens with zero attached hydrogens (tertiary/aromatic N) is 1. The van der Waals surface area contributed by atoms with E-state index in [0.29, 0.717) is 0 Å². The summed E-state index contributed by atoms with van der Waals surface area (Å²) in [4.78, 5) is 2.66. The number of hydrogen-bond donors (Lipinski definition) is 0. The topological polar surface area (TPSA) is 12.5 Å². The highest BCUT2D eigenvalue weighted by Crippen LogP contribution is 2.21. The SMILES string of the molecule is CCCCC(CCCC)N(C)C1CCOCC1. The Morgan fingerprint density at radius 3 is 2.06 bits per heavy atom. The monoisotopic (exact) mass is 241 g/mol. The Morgan fingerprint density at radius 1 is 1.06 bits per heavy atom. The molecule has 0 amide bonds. The predicted octanol–water partition coefficient (Wildman–Crippen LogP) is 3.85. The highest BCUT2D eigenvalue weighted by Gasteiger charge is 2.23. The van der Waals surface area contributed by atoms with Crippen molar-refractivity contribution in [3.05, 3.63) is 0 Å². The minimum absolute atomic E-state index is 0.766. The van der Waals surface area contributed by atoms with Crippen LogP contribution in [0.3, 0.4) is 0 Å². The van der Waals surface area contributed by atoms with E-state index < -0.39 is 0 Å². The molecule has 17 heavy (non-hydrogen) atoms. The van der Waals surface area contributed by atoms with Crippen LogP contribution in [0.5, 0.6) is 0 Å². The van der Waals surface area contributed by atoms with Crippen LogP contribution in [0.15, 0.2) is 0 Å². The first-order chi connectivity index (χ1) is 8.29. The Kier molecular flexibility index (Phi) is 7.87. The quantitative estimate of drug-likeness (QED) is 0.640. The lowest BCUT2D eigenvalue weighted by atomic mass is 9.98. The largest absolute Gasteiger partial charge is 0.381 e. The molecule has 0 atom stereocenters. The Balaban J connectivity index is 2.41. The van der Waals surface area contributed by atoms with Gasteiger partial charge in [0.05, 0.1) is 0 Å². The third kappa shape index (κ3) is 5.39. The van der Waals surface area contributed by atoms with Gasteiger partial charge in [0, 0.05) is 25.3 Å². The van der Waals surface area contributed by atoms with E-state index in [9.17, 15) is 0 Å². The lowest BCUT2D eigenvalue weighted by Crippen LogP contribution is -2.43. The maximum absolute atomic E-state index is 5.47. The average Bonchev–Trinajstić information content (AvgIpc) is 2.39. The Bertz CT molecular complexity index is 170. The molecule has 0 aromatic carbocycles. The van der Waals surface area contributed by atoms with E-state index in [4.69, 9.17) is 4.74 Å². The third-order valence-corrected chi connectivity index (χ3v) is 4.12. The second kappa shape index (κ2) is 8.93. The van der Waals surface area contributed by atoms with Crippen molar-refractivity contribution in [3.63, 3.8) is 0 Å². The maximum atomic E-state index is 5.47. The van der Waals surface area contributed by atoms with Crippen molar-refractivity contribution in [3.8, 4) is 0 Å². The summed E-state index contributed by atoms with van der Waals surface area (Å²) in [6, 6.07) is 1.57. The van der Waals surface area contributed by atoms with Gasteiger partial charge in [-0.15, -0.1) is 0 Å². The lowest BCUT2D eigenvalue weighted by molar-refractivity contribution is 0.0248. The fraction of sp³-hybridized carbons (Fsp3) is 1.00. The van der Waals surface area contributed by atoms with Crippen molar-refractivity contribution in [2.24, 2.45) is 0 Å². The van der Waals surface area contributed by atoms with Crippen LogP contribution in [0.2, 0.25) is 0 Å². The third-order valence-electron chi connectivity index (χ3n) is 4.12. The molecule has 0 aromatic heterocycles. The summed E-state index contributed by atoms with van der Waals surface area (Å²) in [6.07, 6.45) is 10.6. The molecule has 0 radical (unpaired) electrons. The van der Waals surface area contributed by atoms with Crippen LogP contribution >= 0.6 is 0 Å². The average molecular weight is 241 g/mol. The smallest absolute Gasteiger partial charge is 0.0480 e. The molecule has 102 valence electrons. The van der Waals surface area contributed by atoms with E-state index >= 15 is 0 Å². The molecule has 0 bridgehead atoms. The number of rotatable bonds is 8. The highest BCUT2D eigenvalue weighted by molar-refractivity contribution is 4.78. The van der Waals surface area contributed by atoms with Gasteiger partial charge in [0.2, 0.25) is 0 Å². The summed E-state index contributed by atoms with van der Waals surface area (Å²) < 4.78 is 5.47. The molecule has 0 aromatic rings. The minimum Gasteiger partial charge on any atom is -0.381 e. The van der Waals surface area contributed by atoms with Gasteiger partial charge in [-0.1, -0.05) is 39.5 Å². The molecule has 0 unspecified atom stereocenters. The molecule has 1 rings (SSSR count). The van der Waals surface area contributed by atoms with Gasteiger partial charge in [-0.05, 0) is 32.7 Å². The summed E-state index contributed by atoms with van der Waals surface area (Å²) in [5, 5.41) is 0. The van der Waals surface area contributed by atoms with E-state index in [1.165, 1.54) is 51.4 Å². The Labute approximate surface area is 108 Å².